The Labute approximate surface area is 200 Å². The summed E-state index contributed by atoms with van der Waals surface area (Å²) in [5.41, 5.74) is 3.25. The Morgan fingerprint density at radius 1 is 0.676 bits per heavy atom. The minimum atomic E-state index is -0.853. The van der Waals surface area contributed by atoms with E-state index in [1.165, 1.54) is 0 Å². The zero-order chi connectivity index (χ0) is 23.5. The Bertz CT molecular complexity index is 1200. The van der Waals surface area contributed by atoms with Crippen LogP contribution in [0.4, 0.5) is 0 Å². The van der Waals surface area contributed by atoms with Crippen molar-refractivity contribution in [3.05, 3.63) is 131 Å². The largest absolute Gasteiger partial charge is 0.497 e. The van der Waals surface area contributed by atoms with Crippen LogP contribution >= 0.6 is 0 Å². The van der Waals surface area contributed by atoms with Crippen LogP contribution in [-0.4, -0.2) is 25.0 Å². The number of benzene rings is 4. The molecule has 0 unspecified atom stereocenters. The van der Waals surface area contributed by atoms with Gasteiger partial charge in [-0.3, -0.25) is 4.79 Å². The van der Waals surface area contributed by atoms with E-state index < -0.39 is 5.41 Å². The predicted molar refractivity (Wildman–Crippen MR) is 133 cm³/mol. The van der Waals surface area contributed by atoms with Crippen LogP contribution in [0, 0.1) is 0 Å². The van der Waals surface area contributed by atoms with Crippen LogP contribution in [-0.2, 0) is 16.8 Å². The van der Waals surface area contributed by atoms with Crippen LogP contribution in [0.15, 0.2) is 109 Å². The monoisotopic (exact) mass is 449 g/mol. The van der Waals surface area contributed by atoms with Gasteiger partial charge in [-0.1, -0.05) is 84.9 Å². The molecule has 0 spiro atoms. The third-order valence-electron chi connectivity index (χ3n) is 6.72. The molecule has 1 aliphatic heterocycles. The van der Waals surface area contributed by atoms with Gasteiger partial charge >= 0.3 is 0 Å². The first-order chi connectivity index (χ1) is 16.7. The molecule has 1 aliphatic rings. The molecule has 1 fully saturated rings. The van der Waals surface area contributed by atoms with E-state index in [4.69, 9.17) is 9.47 Å². The van der Waals surface area contributed by atoms with E-state index in [2.05, 4.69) is 24.3 Å². The Morgan fingerprint density at radius 3 is 1.62 bits per heavy atom. The van der Waals surface area contributed by atoms with Gasteiger partial charge in [0.05, 0.1) is 20.3 Å². The smallest absolute Gasteiger partial charge is 0.241 e. The maximum absolute atomic E-state index is 14.2. The fraction of sp³-hybridized carbons (Fsp3) is 0.167. The highest BCUT2D eigenvalue weighted by molar-refractivity contribution is 6.00. The van der Waals surface area contributed by atoms with Gasteiger partial charge in [0.2, 0.25) is 5.91 Å². The number of ether oxygens (including phenoxy) is 2. The van der Waals surface area contributed by atoms with Gasteiger partial charge in [-0.15, -0.1) is 0 Å². The van der Waals surface area contributed by atoms with E-state index in [-0.39, 0.29) is 11.9 Å². The molecular weight excluding hydrogens is 422 g/mol. The lowest BCUT2D eigenvalue weighted by Crippen LogP contribution is -2.66. The molecule has 4 aromatic rings. The second kappa shape index (κ2) is 9.06. The molecule has 4 aromatic carbocycles. The number of likely N-dealkylation sites (tertiary alicyclic amines) is 1. The summed E-state index contributed by atoms with van der Waals surface area (Å²) in [7, 11) is 3.30. The highest BCUT2D eigenvalue weighted by Crippen LogP contribution is 2.56. The number of nitrogens with zero attached hydrogens (tertiary/aromatic N) is 1. The molecule has 0 bridgehead atoms. The quantitative estimate of drug-likeness (QED) is 0.336. The van der Waals surface area contributed by atoms with Gasteiger partial charge in [0.25, 0.3) is 0 Å². The predicted octanol–water partition coefficient (Wildman–Crippen LogP) is 5.77. The lowest BCUT2D eigenvalue weighted by atomic mass is 9.59. The van der Waals surface area contributed by atoms with Crippen molar-refractivity contribution in [1.82, 2.24) is 4.90 Å². The molecule has 4 nitrogen and oxygen atoms in total. The molecule has 5 rings (SSSR count). The van der Waals surface area contributed by atoms with Crippen LogP contribution in [0.2, 0.25) is 0 Å². The van der Waals surface area contributed by atoms with Crippen molar-refractivity contribution < 1.29 is 14.3 Å². The number of hydrogen-bond acceptors (Lipinski definition) is 3. The zero-order valence-corrected chi connectivity index (χ0v) is 19.3. The van der Waals surface area contributed by atoms with Gasteiger partial charge in [0.1, 0.15) is 16.9 Å². The van der Waals surface area contributed by atoms with Crippen LogP contribution in [0.5, 0.6) is 11.5 Å². The lowest BCUT2D eigenvalue weighted by molar-refractivity contribution is -0.159. The summed E-state index contributed by atoms with van der Waals surface area (Å²) >= 11 is 0. The van der Waals surface area contributed by atoms with Gasteiger partial charge in [-0.05, 0) is 46.5 Å². The first-order valence-electron chi connectivity index (χ1n) is 11.4. The zero-order valence-electron chi connectivity index (χ0n) is 19.3. The molecule has 0 saturated carbocycles. The van der Waals surface area contributed by atoms with Crippen molar-refractivity contribution in [3.8, 4) is 11.5 Å². The Morgan fingerprint density at radius 2 is 1.15 bits per heavy atom. The molecule has 1 atom stereocenters. The molecule has 0 radical (unpaired) electrons. The molecule has 0 N–H and O–H groups in total. The van der Waals surface area contributed by atoms with Crippen molar-refractivity contribution in [2.24, 2.45) is 0 Å². The van der Waals surface area contributed by atoms with Crippen molar-refractivity contribution in [2.75, 3.05) is 14.2 Å². The number of carbonyl (C=O) groups is 1. The van der Waals surface area contributed by atoms with Gasteiger partial charge in [-0.2, -0.15) is 0 Å². The minimum Gasteiger partial charge on any atom is -0.497 e. The summed E-state index contributed by atoms with van der Waals surface area (Å²) in [5, 5.41) is 0. The topological polar surface area (TPSA) is 38.8 Å². The van der Waals surface area contributed by atoms with Crippen molar-refractivity contribution in [1.29, 1.82) is 0 Å². The summed E-state index contributed by atoms with van der Waals surface area (Å²) in [6.45, 7) is 0.549. The number of carbonyl (C=O) groups excluding carboxylic acids is 1. The Balaban J connectivity index is 1.69. The number of hydrogen-bond donors (Lipinski definition) is 0. The average Bonchev–Trinajstić information content (AvgIpc) is 2.91. The molecule has 1 saturated heterocycles. The Kier molecular flexibility index (Phi) is 5.81. The molecule has 34 heavy (non-hydrogen) atoms. The van der Waals surface area contributed by atoms with E-state index in [9.17, 15) is 4.79 Å². The number of amides is 1. The highest BCUT2D eigenvalue weighted by Gasteiger charge is 2.62. The second-order valence-corrected chi connectivity index (χ2v) is 8.50. The van der Waals surface area contributed by atoms with Gasteiger partial charge < -0.3 is 14.4 Å². The van der Waals surface area contributed by atoms with Crippen LogP contribution < -0.4 is 9.47 Å². The summed E-state index contributed by atoms with van der Waals surface area (Å²) in [5.74, 6) is 1.61. The fourth-order valence-corrected chi connectivity index (χ4v) is 5.07. The number of β-lactam (4-membered cyclic amide) rings is 1. The molecule has 0 aliphatic carbocycles. The SMILES string of the molecule is COc1ccc(C2(c3ccc(OC)cc3)C(=O)N(Cc3ccccc3)[C@@H]2c2ccccc2)cc1. The Hall–Kier alpha value is -4.05. The van der Waals surface area contributed by atoms with Crippen LogP contribution in [0.1, 0.15) is 28.3 Å². The summed E-state index contributed by atoms with van der Waals surface area (Å²) in [6.07, 6.45) is 0. The van der Waals surface area contributed by atoms with E-state index in [0.717, 1.165) is 33.8 Å². The first kappa shape index (κ1) is 21.8. The van der Waals surface area contributed by atoms with E-state index in [0.29, 0.717) is 6.54 Å². The average molecular weight is 450 g/mol. The number of rotatable bonds is 7. The molecule has 4 heteroatoms. The van der Waals surface area contributed by atoms with E-state index in [1.54, 1.807) is 14.2 Å². The van der Waals surface area contributed by atoms with Crippen molar-refractivity contribution in [3.63, 3.8) is 0 Å². The van der Waals surface area contributed by atoms with Gasteiger partial charge in [-0.25, -0.2) is 0 Å². The van der Waals surface area contributed by atoms with Gasteiger partial charge in [0.15, 0.2) is 0 Å². The van der Waals surface area contributed by atoms with E-state index in [1.807, 2.05) is 89.8 Å². The van der Waals surface area contributed by atoms with E-state index >= 15 is 0 Å². The molecule has 1 amide bonds. The lowest BCUT2D eigenvalue weighted by Gasteiger charge is -2.57. The van der Waals surface area contributed by atoms with Crippen LogP contribution in [0.25, 0.3) is 0 Å². The molecule has 1 heterocycles. The second-order valence-electron chi connectivity index (χ2n) is 8.50. The first-order valence-corrected chi connectivity index (χ1v) is 11.4. The minimum absolute atomic E-state index is 0.0838. The fourth-order valence-electron chi connectivity index (χ4n) is 5.07. The van der Waals surface area contributed by atoms with Crippen LogP contribution in [0.3, 0.4) is 0 Å². The maximum atomic E-state index is 14.2. The van der Waals surface area contributed by atoms with Crippen molar-refractivity contribution in [2.45, 2.75) is 18.0 Å². The third kappa shape index (κ3) is 3.52. The molecule has 170 valence electrons. The standard InChI is InChI=1S/C30H27NO3/c1-33-26-17-13-24(14-18-26)30(25-15-19-27(34-2)20-16-25)28(23-11-7-4-8-12-23)31(29(30)32)21-22-9-5-3-6-10-22/h3-20,28H,21H2,1-2H3/t28-/m1/s1. The normalized spacial score (nSPS) is 16.6. The highest BCUT2D eigenvalue weighted by atomic mass is 16.5. The molecule has 0 aromatic heterocycles. The van der Waals surface area contributed by atoms with Gasteiger partial charge in [0, 0.05) is 6.54 Å². The summed E-state index contributed by atoms with van der Waals surface area (Å²) in [4.78, 5) is 16.2. The summed E-state index contributed by atoms with van der Waals surface area (Å²) in [6, 6.07) is 36.0. The maximum Gasteiger partial charge on any atom is 0.241 e. The summed E-state index contributed by atoms with van der Waals surface area (Å²) < 4.78 is 10.8. The molecular formula is C30H27NO3. The third-order valence-corrected chi connectivity index (χ3v) is 6.72. The van der Waals surface area contributed by atoms with Crippen molar-refractivity contribution >= 4 is 5.91 Å². The number of methoxy groups -OCH3 is 2.